The smallest absolute Gasteiger partial charge is 0.00502 e. The van der Waals surface area contributed by atoms with Gasteiger partial charge in [-0.3, -0.25) is 0 Å². The molecular weight excluding hydrogens is 244 g/mol. The van der Waals surface area contributed by atoms with E-state index in [1.165, 1.54) is 103 Å². The Labute approximate surface area is 125 Å². The second kappa shape index (κ2) is 7.26. The molecule has 2 nitrogen and oxygen atoms in total. The fourth-order valence-electron chi connectivity index (χ4n) is 4.96. The molecule has 0 aromatic heterocycles. The van der Waals surface area contributed by atoms with Crippen molar-refractivity contribution in [3.8, 4) is 0 Å². The van der Waals surface area contributed by atoms with Crippen molar-refractivity contribution in [2.24, 2.45) is 11.3 Å². The molecule has 1 spiro atoms. The monoisotopic (exact) mass is 278 g/mol. The third kappa shape index (κ3) is 3.98. The quantitative estimate of drug-likeness (QED) is 0.841. The highest BCUT2D eigenvalue weighted by atomic mass is 15.1. The average Bonchev–Trinajstić information content (AvgIpc) is 2.49. The van der Waals surface area contributed by atoms with Gasteiger partial charge in [-0.25, -0.2) is 0 Å². The molecule has 2 aliphatic heterocycles. The van der Waals surface area contributed by atoms with E-state index in [4.69, 9.17) is 0 Å². The minimum atomic E-state index is 0.640. The van der Waals surface area contributed by atoms with E-state index in [0.29, 0.717) is 5.41 Å². The molecule has 2 saturated heterocycles. The Hall–Kier alpha value is -0.0800. The highest BCUT2D eigenvalue weighted by Gasteiger charge is 2.36. The topological polar surface area (TPSA) is 15.3 Å². The maximum atomic E-state index is 3.65. The Balaban J connectivity index is 1.38. The van der Waals surface area contributed by atoms with Crippen LogP contribution in [0.15, 0.2) is 0 Å². The zero-order valence-corrected chi connectivity index (χ0v) is 13.3. The van der Waals surface area contributed by atoms with Crippen LogP contribution in [0.1, 0.15) is 70.6 Å². The molecule has 0 radical (unpaired) electrons. The summed E-state index contributed by atoms with van der Waals surface area (Å²) in [5.74, 6) is 1.07. The first-order valence-corrected chi connectivity index (χ1v) is 9.29. The van der Waals surface area contributed by atoms with Crippen LogP contribution in [0.2, 0.25) is 0 Å². The molecule has 1 aliphatic carbocycles. The van der Waals surface area contributed by atoms with Gasteiger partial charge in [0.2, 0.25) is 0 Å². The third-order valence-corrected chi connectivity index (χ3v) is 6.11. The molecule has 20 heavy (non-hydrogen) atoms. The highest BCUT2D eigenvalue weighted by molar-refractivity contribution is 4.91. The van der Waals surface area contributed by atoms with E-state index >= 15 is 0 Å². The normalized spacial score (nSPS) is 33.6. The number of nitrogens with zero attached hydrogens (tertiary/aromatic N) is 1. The predicted octanol–water partition coefficient (Wildman–Crippen LogP) is 3.81. The predicted molar refractivity (Wildman–Crippen MR) is 86.0 cm³/mol. The van der Waals surface area contributed by atoms with Crippen molar-refractivity contribution in [2.75, 3.05) is 32.7 Å². The first-order chi connectivity index (χ1) is 9.86. The molecule has 1 saturated carbocycles. The fourth-order valence-corrected chi connectivity index (χ4v) is 4.96. The number of likely N-dealkylation sites (tertiary alicyclic amines) is 1. The molecule has 1 N–H and O–H groups in total. The van der Waals surface area contributed by atoms with Crippen LogP contribution in [0.5, 0.6) is 0 Å². The van der Waals surface area contributed by atoms with Crippen molar-refractivity contribution in [3.05, 3.63) is 0 Å². The van der Waals surface area contributed by atoms with Gasteiger partial charge in [0.15, 0.2) is 0 Å². The minimum Gasteiger partial charge on any atom is -0.316 e. The molecule has 3 aliphatic rings. The second-order valence-electron chi connectivity index (χ2n) is 7.81. The molecule has 3 rings (SSSR count). The highest BCUT2D eigenvalue weighted by Crippen LogP contribution is 2.36. The van der Waals surface area contributed by atoms with Crippen LogP contribution in [0.4, 0.5) is 0 Å². The molecule has 3 fully saturated rings. The van der Waals surface area contributed by atoms with Gasteiger partial charge in [0.25, 0.3) is 0 Å². The van der Waals surface area contributed by atoms with Gasteiger partial charge in [-0.2, -0.15) is 0 Å². The summed E-state index contributed by atoms with van der Waals surface area (Å²) in [4.78, 5) is 2.79. The molecule has 2 heterocycles. The number of hydrogen-bond acceptors (Lipinski definition) is 2. The van der Waals surface area contributed by atoms with Crippen molar-refractivity contribution in [2.45, 2.75) is 70.6 Å². The zero-order chi connectivity index (χ0) is 13.7. The van der Waals surface area contributed by atoms with E-state index < -0.39 is 0 Å². The van der Waals surface area contributed by atoms with E-state index in [1.807, 2.05) is 0 Å². The summed E-state index contributed by atoms with van der Waals surface area (Å²) in [5, 5.41) is 3.65. The summed E-state index contributed by atoms with van der Waals surface area (Å²) in [6.45, 7) is 6.66. The maximum Gasteiger partial charge on any atom is 0.00502 e. The van der Waals surface area contributed by atoms with Crippen LogP contribution in [0.3, 0.4) is 0 Å². The molecule has 0 bridgehead atoms. The Morgan fingerprint density at radius 2 is 1.85 bits per heavy atom. The lowest BCUT2D eigenvalue weighted by atomic mass is 9.74. The minimum absolute atomic E-state index is 0.640. The van der Waals surface area contributed by atoms with Gasteiger partial charge in [0.1, 0.15) is 0 Å². The van der Waals surface area contributed by atoms with Gasteiger partial charge >= 0.3 is 0 Å². The Bertz CT molecular complexity index is 272. The Morgan fingerprint density at radius 3 is 2.65 bits per heavy atom. The molecule has 2 heteroatoms. The number of nitrogens with one attached hydrogen (secondary N) is 1. The van der Waals surface area contributed by atoms with E-state index in [9.17, 15) is 0 Å². The van der Waals surface area contributed by atoms with Gasteiger partial charge in [0, 0.05) is 13.1 Å². The van der Waals surface area contributed by atoms with Crippen molar-refractivity contribution < 1.29 is 0 Å². The lowest BCUT2D eigenvalue weighted by Gasteiger charge is -2.45. The first kappa shape index (κ1) is 14.8. The Kier molecular flexibility index (Phi) is 5.39. The molecule has 0 amide bonds. The van der Waals surface area contributed by atoms with E-state index in [1.54, 1.807) is 0 Å². The van der Waals surface area contributed by atoms with E-state index in [0.717, 1.165) is 5.92 Å². The maximum absolute atomic E-state index is 3.65. The summed E-state index contributed by atoms with van der Waals surface area (Å²) in [5.41, 5.74) is 0.640. The molecule has 1 unspecified atom stereocenters. The number of hydrogen-bond donors (Lipinski definition) is 1. The van der Waals surface area contributed by atoms with Crippen LogP contribution in [-0.4, -0.2) is 37.6 Å². The van der Waals surface area contributed by atoms with Crippen LogP contribution < -0.4 is 5.32 Å². The lowest BCUT2D eigenvalue weighted by Crippen LogP contribution is -2.51. The Morgan fingerprint density at radius 1 is 1.00 bits per heavy atom. The van der Waals surface area contributed by atoms with Crippen LogP contribution in [0.25, 0.3) is 0 Å². The average molecular weight is 278 g/mol. The molecular formula is C18H34N2. The summed E-state index contributed by atoms with van der Waals surface area (Å²) in [6, 6.07) is 0. The number of rotatable bonds is 4. The lowest BCUT2D eigenvalue weighted by molar-refractivity contribution is 0.0625. The van der Waals surface area contributed by atoms with Gasteiger partial charge in [-0.15, -0.1) is 0 Å². The summed E-state index contributed by atoms with van der Waals surface area (Å²) in [6.07, 6.45) is 16.3. The molecule has 0 aromatic carbocycles. The zero-order valence-electron chi connectivity index (χ0n) is 13.3. The molecule has 0 aromatic rings. The SMILES string of the molecule is C1CCC(CCCN2CCCC3(CCCNC3)C2)CC1. The van der Waals surface area contributed by atoms with E-state index in [2.05, 4.69) is 10.2 Å². The second-order valence-corrected chi connectivity index (χ2v) is 7.81. The van der Waals surface area contributed by atoms with Crippen LogP contribution >= 0.6 is 0 Å². The number of piperidine rings is 2. The largest absolute Gasteiger partial charge is 0.316 e. The van der Waals surface area contributed by atoms with Crippen molar-refractivity contribution in [1.29, 1.82) is 0 Å². The van der Waals surface area contributed by atoms with Gasteiger partial charge < -0.3 is 10.2 Å². The van der Waals surface area contributed by atoms with Gasteiger partial charge in [-0.05, 0) is 69.5 Å². The van der Waals surface area contributed by atoms with Crippen molar-refractivity contribution in [1.82, 2.24) is 10.2 Å². The standard InChI is InChI=1S/C18H34N2/c1-2-7-17(8-3-1)9-4-13-20-14-6-11-18(16-20)10-5-12-19-15-18/h17,19H,1-16H2. The third-order valence-electron chi connectivity index (χ3n) is 6.11. The first-order valence-electron chi connectivity index (χ1n) is 9.29. The fraction of sp³-hybridized carbons (Fsp3) is 1.00. The van der Waals surface area contributed by atoms with Crippen molar-refractivity contribution in [3.63, 3.8) is 0 Å². The van der Waals surface area contributed by atoms with Gasteiger partial charge in [-0.1, -0.05) is 32.1 Å². The van der Waals surface area contributed by atoms with Crippen molar-refractivity contribution >= 4 is 0 Å². The summed E-state index contributed by atoms with van der Waals surface area (Å²) < 4.78 is 0. The van der Waals surface area contributed by atoms with Crippen LogP contribution in [0, 0.1) is 11.3 Å². The van der Waals surface area contributed by atoms with Crippen LogP contribution in [-0.2, 0) is 0 Å². The molecule has 116 valence electrons. The molecule has 1 atom stereocenters. The van der Waals surface area contributed by atoms with E-state index in [-0.39, 0.29) is 0 Å². The summed E-state index contributed by atoms with van der Waals surface area (Å²) in [7, 11) is 0. The van der Waals surface area contributed by atoms with Gasteiger partial charge in [0.05, 0.1) is 0 Å². The summed E-state index contributed by atoms with van der Waals surface area (Å²) >= 11 is 0.